The Morgan fingerprint density at radius 2 is 0.678 bits per heavy atom. The highest BCUT2D eigenvalue weighted by Gasteiger charge is 2.58. The van der Waals surface area contributed by atoms with Crippen LogP contribution in [-0.2, 0) is 131 Å². The zero-order valence-electron chi connectivity index (χ0n) is 81.9. The highest BCUT2D eigenvalue weighted by molar-refractivity contribution is 6.00. The minimum atomic E-state index is -1.50. The fourth-order valence-electron chi connectivity index (χ4n) is 17.3. The smallest absolute Gasteiger partial charge is 0.414 e. The van der Waals surface area contributed by atoms with Gasteiger partial charge in [0.15, 0.2) is 11.2 Å². The maximum atomic E-state index is 14.0. The van der Waals surface area contributed by atoms with Gasteiger partial charge in [0.2, 0.25) is 0 Å². The molecule has 0 radical (unpaired) electrons. The molecule has 43 heteroatoms. The van der Waals surface area contributed by atoms with Gasteiger partial charge >= 0.3 is 72.7 Å². The second-order valence-corrected chi connectivity index (χ2v) is 36.3. The summed E-state index contributed by atoms with van der Waals surface area (Å²) in [5, 5.41) is 68.4. The van der Waals surface area contributed by atoms with Gasteiger partial charge in [0.25, 0.3) is 22.7 Å². The van der Waals surface area contributed by atoms with E-state index in [1.165, 1.54) is 117 Å². The number of carbonyl (C=O) groups excluding carboxylic acids is 14. The third kappa shape index (κ3) is 23.3. The number of methoxy groups -OCH3 is 2. The molecule has 0 aromatic heterocycles. The van der Waals surface area contributed by atoms with Crippen molar-refractivity contribution in [1.29, 1.82) is 0 Å². The zero-order chi connectivity index (χ0) is 108. The topological polar surface area (TPSA) is 585 Å². The molecule has 43 nitrogen and oxygen atoms in total. The summed E-state index contributed by atoms with van der Waals surface area (Å²) in [6.07, 6.45) is 0.407. The van der Waals surface area contributed by atoms with Crippen LogP contribution < -0.4 is 19.6 Å². The van der Waals surface area contributed by atoms with Crippen molar-refractivity contribution in [2.75, 3.05) is 68.6 Å². The fourth-order valence-corrected chi connectivity index (χ4v) is 17.3. The first-order valence-corrected chi connectivity index (χ1v) is 44.1. The number of fused-ring (bicyclic) bond motifs is 12. The summed E-state index contributed by atoms with van der Waals surface area (Å²) in [4.78, 5) is 216. The first-order valence-electron chi connectivity index (χ1n) is 44.1. The molecule has 2 aliphatic carbocycles. The maximum absolute atomic E-state index is 14.0. The van der Waals surface area contributed by atoms with Gasteiger partial charge in [-0.05, 0) is 179 Å². The van der Waals surface area contributed by atoms with Crippen molar-refractivity contribution in [3.63, 3.8) is 0 Å². The van der Waals surface area contributed by atoms with E-state index in [9.17, 15) is 88.7 Å². The third-order valence-electron chi connectivity index (χ3n) is 25.0. The SMILES string of the molecule is CC1CCCO1.CN(C(=O)OCc1ccccc1[N+](=O)[O-])c1ccc2c(c1)C(C)(C)c1cc(N(C)C(=O)OCc3cc(C(=O)O)ccc3[N+](=O)[O-])ccc1C21OC(=O)c2ccc(C(C)(C)C)cc21.COC(=O)c1ccc([N+](=O)[O-])c(COC(=O)N(C)c2ccc3c(c2)C(C)(C)c2cc(N(C)C(=O)OCc4cc(C(=O)OC)ccc4[N+](=O)[O-])ccc2C32OC(=O)c3ccc(C(C)(C)C)cc32)c1.O=C=O.O=C=O.O=C=O.OO. The van der Waals surface area contributed by atoms with Crippen LogP contribution in [0.1, 0.15) is 230 Å². The van der Waals surface area contributed by atoms with E-state index >= 15 is 0 Å². The van der Waals surface area contributed by atoms with Gasteiger partial charge in [-0.1, -0.05) is 118 Å². The predicted octanol–water partition coefficient (Wildman–Crippen LogP) is 17.6. The molecule has 1 saturated heterocycles. The molecule has 4 amide bonds. The van der Waals surface area contributed by atoms with Gasteiger partial charge in [0.1, 0.15) is 26.4 Å². The summed E-state index contributed by atoms with van der Waals surface area (Å²) in [6, 6.07) is 48.6. The maximum Gasteiger partial charge on any atom is 0.414 e. The van der Waals surface area contributed by atoms with E-state index in [1.807, 2.05) is 58.0 Å². The minimum Gasteiger partial charge on any atom is -0.478 e. The van der Waals surface area contributed by atoms with Gasteiger partial charge < -0.3 is 47.7 Å². The molecule has 2 spiro atoms. The molecular weight excluding hydrogens is 1910 g/mol. The average Bonchev–Trinajstić information content (AvgIpc) is 1.46. The number of carboxylic acid groups (broad SMARTS) is 1. The molecule has 762 valence electrons. The van der Waals surface area contributed by atoms with Gasteiger partial charge in [-0.25, -0.2) is 43.2 Å². The molecule has 0 bridgehead atoms. The Hall–Kier alpha value is -17.8. The van der Waals surface area contributed by atoms with Crippen LogP contribution in [0.25, 0.3) is 0 Å². The number of hydrogen-bond donors (Lipinski definition) is 3. The Kier molecular flexibility index (Phi) is 35.5. The molecule has 10 aromatic rings. The van der Waals surface area contributed by atoms with Gasteiger partial charge in [0.05, 0.1) is 90.1 Å². The minimum absolute atomic E-state index is 0.0303. The number of para-hydroxylation sites is 1. The number of nitro benzene ring substituents is 4. The number of anilines is 4. The normalized spacial score (nSPS) is 14.6. The molecule has 2 atom stereocenters. The number of aromatic carboxylic acids is 1. The lowest BCUT2D eigenvalue weighted by atomic mass is 9.61. The zero-order valence-corrected chi connectivity index (χ0v) is 81.9. The highest BCUT2D eigenvalue weighted by atomic mass is 17.0. The first kappa shape index (κ1) is 112. The summed E-state index contributed by atoms with van der Waals surface area (Å²) in [6.45, 7) is 21.2. The van der Waals surface area contributed by atoms with Crippen molar-refractivity contribution in [3.8, 4) is 0 Å². The summed E-state index contributed by atoms with van der Waals surface area (Å²) in [5.74, 6) is -3.86. The van der Waals surface area contributed by atoms with Crippen LogP contribution in [-0.4, -0.2) is 163 Å². The highest BCUT2D eigenvalue weighted by Crippen LogP contribution is 2.61. The number of amides is 4. The number of rotatable bonds is 19. The monoisotopic (exact) mass is 2010 g/mol. The van der Waals surface area contributed by atoms with E-state index in [4.69, 9.17) is 81.9 Å². The largest absolute Gasteiger partial charge is 0.478 e. The lowest BCUT2D eigenvalue weighted by Gasteiger charge is -2.45. The van der Waals surface area contributed by atoms with Gasteiger partial charge in [-0.2, -0.15) is 28.8 Å². The standard InChI is InChI=1S/C49H46N4O14.C46H42N4O12.C5H10O.3CO2.H2O2/c1-47(2,3)31-12-15-34-37(22-31)49(67-44(34)56)35-16-13-32(50(6)45(57)65-25-29-20-27(42(54)63-8)10-18-40(29)52(59)60)23-38(35)48(4,5)39-24-33(14-17-36(39)49)51(7)46(58)66-26-30-21-28(43(55)64-9)11-19-41(30)53(61)62;1-44(2,3)29-13-16-32-35(21-29)46(62-41(32)53)33-17-14-30(47(6)42(54)60-24-27-10-8-9-11-38(27)49(56)57)22-36(33)45(4,5)37-23-31(15-18-34(37)46)48(7)43(55)61-25-28-20-26(40(51)52)12-19-39(28)50(58)59;1-5-3-2-4-6-5;3*2-1-3;1-2/h10-24H,25-26H2,1-9H3;8-23H,24-25H2,1-7H3,(H,51,52);5H,2-4H2,1H3;;;;1-2H. The van der Waals surface area contributed by atoms with Crippen LogP contribution in [0, 0.1) is 40.5 Å². The van der Waals surface area contributed by atoms with Crippen LogP contribution in [0.2, 0.25) is 0 Å². The molecule has 1 fully saturated rings. The van der Waals surface area contributed by atoms with Crippen LogP contribution in [0.3, 0.4) is 0 Å². The molecule has 0 saturated carbocycles. The molecule has 10 aromatic carbocycles. The number of carboxylic acids is 1. The quantitative estimate of drug-likeness (QED) is 0.0222. The van der Waals surface area contributed by atoms with E-state index < -0.39 is 121 Å². The van der Waals surface area contributed by atoms with Gasteiger partial charge in [0, 0.05) is 126 Å². The van der Waals surface area contributed by atoms with E-state index in [0.717, 1.165) is 48.1 Å². The lowest BCUT2D eigenvalue weighted by molar-refractivity contribution is -0.386. The molecular formula is C103H100N8O35. The van der Waals surface area contributed by atoms with Crippen molar-refractivity contribution in [3.05, 3.63) is 345 Å². The Morgan fingerprint density at radius 3 is 0.938 bits per heavy atom. The van der Waals surface area contributed by atoms with Crippen LogP contribution >= 0.6 is 0 Å². The molecule has 146 heavy (non-hydrogen) atoms. The fraction of sp³-hybridized carbons (Fsp3) is 0.301. The average molecular weight is 2010 g/mol. The number of ether oxygens (including phenoxy) is 9. The van der Waals surface area contributed by atoms with Crippen molar-refractivity contribution in [2.24, 2.45) is 0 Å². The summed E-state index contributed by atoms with van der Waals surface area (Å²) < 4.78 is 49.9. The molecule has 3 heterocycles. The molecule has 3 N–H and O–H groups in total. The van der Waals surface area contributed by atoms with E-state index in [2.05, 4.69) is 48.5 Å². The van der Waals surface area contributed by atoms with Crippen LogP contribution in [0.4, 0.5) is 64.7 Å². The van der Waals surface area contributed by atoms with Crippen molar-refractivity contribution in [1.82, 2.24) is 0 Å². The Labute approximate surface area is 832 Å². The van der Waals surface area contributed by atoms with Gasteiger partial charge in [-0.3, -0.25) is 70.6 Å². The second kappa shape index (κ2) is 46.3. The lowest BCUT2D eigenvalue weighted by Crippen LogP contribution is -2.42. The Balaban J connectivity index is 0.000000281. The third-order valence-corrected chi connectivity index (χ3v) is 25.0. The number of nitro groups is 4. The van der Waals surface area contributed by atoms with Crippen LogP contribution in [0.5, 0.6) is 0 Å². The molecule has 5 aliphatic rings. The first-order chi connectivity index (χ1) is 68.8. The van der Waals surface area contributed by atoms with E-state index in [0.29, 0.717) is 95.6 Å². The van der Waals surface area contributed by atoms with E-state index in [1.54, 1.807) is 84.9 Å². The van der Waals surface area contributed by atoms with E-state index in [-0.39, 0.29) is 91.9 Å². The summed E-state index contributed by atoms with van der Waals surface area (Å²) in [5.41, 5.74) is 3.54. The Morgan fingerprint density at radius 1 is 0.397 bits per heavy atom. The second-order valence-electron chi connectivity index (χ2n) is 36.3. The van der Waals surface area contributed by atoms with Crippen molar-refractivity contribution in [2.45, 2.75) is 154 Å². The number of benzene rings is 10. The van der Waals surface area contributed by atoms with Crippen molar-refractivity contribution < 1.29 is 150 Å². The number of nitrogens with zero attached hydrogens (tertiary/aromatic N) is 8. The molecule has 2 unspecified atom stereocenters. The molecule has 3 aliphatic heterocycles. The Bertz CT molecular complexity index is 6750. The summed E-state index contributed by atoms with van der Waals surface area (Å²) >= 11 is 0. The number of hydrogen-bond acceptors (Lipinski definition) is 34. The summed E-state index contributed by atoms with van der Waals surface area (Å²) in [7, 11) is 8.22. The van der Waals surface area contributed by atoms with Crippen LogP contribution in [0.15, 0.2) is 188 Å². The number of carbonyl (C=O) groups is 9. The van der Waals surface area contributed by atoms with Crippen molar-refractivity contribution >= 4 is 118 Å². The number of esters is 4. The molecule has 15 rings (SSSR count). The van der Waals surface area contributed by atoms with Gasteiger partial charge in [-0.15, -0.1) is 0 Å². The predicted molar refractivity (Wildman–Crippen MR) is 512 cm³/mol.